The molecule has 1 aliphatic carbocycles. The number of cyclic esters (lactones) is 1. The number of hydrogen-bond acceptors (Lipinski definition) is 3. The maximum atomic E-state index is 11.3. The monoisotopic (exact) mass is 182 g/mol. The first-order chi connectivity index (χ1) is 6.11. The van der Waals surface area contributed by atoms with Gasteiger partial charge in [0.15, 0.2) is 0 Å². The summed E-state index contributed by atoms with van der Waals surface area (Å²) in [5, 5.41) is 9.68. The number of ether oxygens (including phenoxy) is 1. The predicted molar refractivity (Wildman–Crippen MR) is 46.9 cm³/mol. The van der Waals surface area contributed by atoms with Gasteiger partial charge in [0, 0.05) is 11.5 Å². The molecule has 0 amide bonds. The molecule has 72 valence electrons. The molecule has 0 saturated heterocycles. The maximum absolute atomic E-state index is 11.3. The van der Waals surface area contributed by atoms with Crippen molar-refractivity contribution in [1.29, 1.82) is 0 Å². The van der Waals surface area contributed by atoms with Gasteiger partial charge in [0.25, 0.3) is 0 Å². The van der Waals surface area contributed by atoms with Crippen LogP contribution < -0.4 is 0 Å². The van der Waals surface area contributed by atoms with Crippen LogP contribution >= 0.6 is 0 Å². The van der Waals surface area contributed by atoms with Crippen molar-refractivity contribution in [3.8, 4) is 0 Å². The van der Waals surface area contributed by atoms with Gasteiger partial charge in [0.05, 0.1) is 6.10 Å². The predicted octanol–water partition coefficient (Wildman–Crippen LogP) is 0.877. The van der Waals surface area contributed by atoms with Crippen LogP contribution in [-0.4, -0.2) is 23.8 Å². The van der Waals surface area contributed by atoms with E-state index in [4.69, 9.17) is 4.74 Å². The Morgan fingerprint density at radius 1 is 1.46 bits per heavy atom. The fourth-order valence-corrected chi connectivity index (χ4v) is 2.24. The minimum atomic E-state index is -0.316. The lowest BCUT2D eigenvalue weighted by Crippen LogP contribution is -2.29. The average molecular weight is 182 g/mol. The lowest BCUT2D eigenvalue weighted by Gasteiger charge is -2.28. The molecule has 13 heavy (non-hydrogen) atoms. The van der Waals surface area contributed by atoms with Gasteiger partial charge < -0.3 is 9.84 Å². The van der Waals surface area contributed by atoms with Crippen LogP contribution in [0, 0.1) is 11.8 Å². The molecule has 3 heteroatoms. The highest BCUT2D eigenvalue weighted by molar-refractivity contribution is 5.92. The first kappa shape index (κ1) is 8.75. The molecule has 1 heterocycles. The van der Waals surface area contributed by atoms with E-state index >= 15 is 0 Å². The molecule has 0 aromatic carbocycles. The summed E-state index contributed by atoms with van der Waals surface area (Å²) in [5.74, 6) is 0.0510. The van der Waals surface area contributed by atoms with E-state index in [2.05, 4.69) is 0 Å². The van der Waals surface area contributed by atoms with E-state index in [0.717, 1.165) is 11.1 Å². The van der Waals surface area contributed by atoms with Gasteiger partial charge >= 0.3 is 5.97 Å². The van der Waals surface area contributed by atoms with Crippen molar-refractivity contribution >= 4 is 5.97 Å². The zero-order valence-electron chi connectivity index (χ0n) is 7.91. The minimum Gasteiger partial charge on any atom is -0.458 e. The lowest BCUT2D eigenvalue weighted by atomic mass is 9.77. The third-order valence-corrected chi connectivity index (χ3v) is 3.14. The Morgan fingerprint density at radius 3 is 2.85 bits per heavy atom. The normalized spacial score (nSPS) is 39.0. The van der Waals surface area contributed by atoms with Crippen LogP contribution in [0.1, 0.15) is 20.3 Å². The molecule has 3 unspecified atom stereocenters. The largest absolute Gasteiger partial charge is 0.458 e. The second-order valence-corrected chi connectivity index (χ2v) is 4.01. The van der Waals surface area contributed by atoms with Crippen molar-refractivity contribution in [3.63, 3.8) is 0 Å². The van der Waals surface area contributed by atoms with Crippen LogP contribution in [0.25, 0.3) is 0 Å². The molecular weight excluding hydrogens is 168 g/mol. The molecule has 1 N–H and O–H groups in total. The molecule has 0 aromatic rings. The second-order valence-electron chi connectivity index (χ2n) is 4.01. The van der Waals surface area contributed by atoms with Crippen LogP contribution in [-0.2, 0) is 9.53 Å². The number of aliphatic hydroxyl groups is 1. The fraction of sp³-hybridized carbons (Fsp3) is 0.700. The molecule has 0 radical (unpaired) electrons. The molecule has 0 aromatic heterocycles. The van der Waals surface area contributed by atoms with Crippen molar-refractivity contribution in [1.82, 2.24) is 0 Å². The number of rotatable bonds is 0. The summed E-state index contributed by atoms with van der Waals surface area (Å²) >= 11 is 0. The maximum Gasteiger partial charge on any atom is 0.334 e. The third kappa shape index (κ3) is 1.18. The van der Waals surface area contributed by atoms with Gasteiger partial charge in [0.2, 0.25) is 0 Å². The third-order valence-electron chi connectivity index (χ3n) is 3.14. The Labute approximate surface area is 77.4 Å². The minimum absolute atomic E-state index is 0.0812. The van der Waals surface area contributed by atoms with Crippen molar-refractivity contribution in [2.75, 3.05) is 6.61 Å². The second kappa shape index (κ2) is 2.84. The molecule has 0 bridgehead atoms. The van der Waals surface area contributed by atoms with E-state index in [0.29, 0.717) is 13.0 Å². The van der Waals surface area contributed by atoms with Crippen molar-refractivity contribution in [2.45, 2.75) is 26.4 Å². The lowest BCUT2D eigenvalue weighted by molar-refractivity contribution is -0.136. The summed E-state index contributed by atoms with van der Waals surface area (Å²) in [4.78, 5) is 11.3. The van der Waals surface area contributed by atoms with Crippen molar-refractivity contribution in [3.05, 3.63) is 11.1 Å². The van der Waals surface area contributed by atoms with Gasteiger partial charge in [-0.2, -0.15) is 0 Å². The number of hydrogen-bond donors (Lipinski definition) is 1. The van der Waals surface area contributed by atoms with Crippen molar-refractivity contribution < 1.29 is 14.6 Å². The smallest absolute Gasteiger partial charge is 0.334 e. The van der Waals surface area contributed by atoms with Gasteiger partial charge in [-0.25, -0.2) is 4.79 Å². The van der Waals surface area contributed by atoms with Crippen LogP contribution in [0.2, 0.25) is 0 Å². The van der Waals surface area contributed by atoms with Gasteiger partial charge in [-0.15, -0.1) is 0 Å². The summed E-state index contributed by atoms with van der Waals surface area (Å²) in [6.45, 7) is 4.31. The summed E-state index contributed by atoms with van der Waals surface area (Å²) in [6.07, 6.45) is 0.359. The van der Waals surface area contributed by atoms with Crippen molar-refractivity contribution in [2.24, 2.45) is 11.8 Å². The Balaban J connectivity index is 2.39. The van der Waals surface area contributed by atoms with E-state index in [1.807, 2.05) is 13.8 Å². The highest BCUT2D eigenvalue weighted by atomic mass is 16.5. The topological polar surface area (TPSA) is 46.5 Å². The zero-order valence-corrected chi connectivity index (χ0v) is 7.91. The molecular formula is C10H14O3. The first-order valence-corrected chi connectivity index (χ1v) is 4.69. The zero-order chi connectivity index (χ0) is 9.59. The molecule has 2 aliphatic rings. The molecule has 1 aliphatic heterocycles. The standard InChI is InChI=1S/C10H14O3/c1-5-3-8(11)6(2)7-4-13-10(12)9(5)7/h5-6,8,11H,3-4H2,1-2H3. The summed E-state index contributed by atoms with van der Waals surface area (Å²) in [7, 11) is 0. The van der Waals surface area contributed by atoms with Gasteiger partial charge in [0.1, 0.15) is 6.61 Å². The Hall–Kier alpha value is -0.830. The van der Waals surface area contributed by atoms with E-state index in [1.54, 1.807) is 0 Å². The molecule has 0 spiro atoms. The fourth-order valence-electron chi connectivity index (χ4n) is 2.24. The highest BCUT2D eigenvalue weighted by Crippen LogP contribution is 2.38. The average Bonchev–Trinajstić information content (AvgIpc) is 2.44. The van der Waals surface area contributed by atoms with E-state index in [1.165, 1.54) is 0 Å². The number of esters is 1. The van der Waals surface area contributed by atoms with E-state index < -0.39 is 0 Å². The van der Waals surface area contributed by atoms with Gasteiger partial charge in [-0.3, -0.25) is 0 Å². The number of carbonyl (C=O) groups is 1. The SMILES string of the molecule is CC1CC(O)C(C)C2=C1C(=O)OC2. The Kier molecular flexibility index (Phi) is 1.91. The highest BCUT2D eigenvalue weighted by Gasteiger charge is 2.39. The molecule has 0 fully saturated rings. The quantitative estimate of drug-likeness (QED) is 0.565. The summed E-state index contributed by atoms with van der Waals surface area (Å²) < 4.78 is 4.96. The van der Waals surface area contributed by atoms with Gasteiger partial charge in [-0.05, 0) is 17.9 Å². The molecule has 2 rings (SSSR count). The first-order valence-electron chi connectivity index (χ1n) is 4.69. The number of carbonyl (C=O) groups excluding carboxylic acids is 1. The van der Waals surface area contributed by atoms with Crippen LogP contribution in [0.3, 0.4) is 0 Å². The Morgan fingerprint density at radius 2 is 2.15 bits per heavy atom. The van der Waals surface area contributed by atoms with Crippen LogP contribution in [0.15, 0.2) is 11.1 Å². The molecule has 3 atom stereocenters. The van der Waals surface area contributed by atoms with Crippen LogP contribution in [0.4, 0.5) is 0 Å². The molecule has 3 nitrogen and oxygen atoms in total. The summed E-state index contributed by atoms with van der Waals surface area (Å²) in [5.41, 5.74) is 1.83. The molecule has 0 saturated carbocycles. The number of aliphatic hydroxyl groups excluding tert-OH is 1. The summed E-state index contributed by atoms with van der Waals surface area (Å²) in [6, 6.07) is 0. The van der Waals surface area contributed by atoms with E-state index in [9.17, 15) is 9.90 Å². The van der Waals surface area contributed by atoms with Gasteiger partial charge in [-0.1, -0.05) is 13.8 Å². The van der Waals surface area contributed by atoms with E-state index in [-0.39, 0.29) is 23.9 Å². The Bertz CT molecular complexity index is 280. The van der Waals surface area contributed by atoms with Crippen LogP contribution in [0.5, 0.6) is 0 Å².